The van der Waals surface area contributed by atoms with E-state index < -0.39 is 0 Å². The van der Waals surface area contributed by atoms with Crippen LogP contribution in [0.5, 0.6) is 0 Å². The minimum Gasteiger partial charge on any atom is -0.468 e. The van der Waals surface area contributed by atoms with Crippen molar-refractivity contribution < 1.29 is 4.42 Å². The van der Waals surface area contributed by atoms with Crippen molar-refractivity contribution in [2.45, 2.75) is 46.1 Å². The summed E-state index contributed by atoms with van der Waals surface area (Å²) in [6.07, 6.45) is 5.18. The first-order chi connectivity index (χ1) is 13.2. The van der Waals surface area contributed by atoms with Crippen LogP contribution in [0.1, 0.15) is 47.1 Å². The summed E-state index contributed by atoms with van der Waals surface area (Å²) in [5, 5.41) is 7.97. The number of likely N-dealkylation sites (tertiary alicyclic amines) is 1. The van der Waals surface area contributed by atoms with Gasteiger partial charge in [-0.15, -0.1) is 11.3 Å². The molecule has 3 heterocycles. The lowest BCUT2D eigenvalue weighted by Crippen LogP contribution is -2.39. The molecule has 0 aliphatic carbocycles. The van der Waals surface area contributed by atoms with Gasteiger partial charge in [-0.3, -0.25) is 9.89 Å². The van der Waals surface area contributed by atoms with Crippen molar-refractivity contribution in [1.29, 1.82) is 0 Å². The van der Waals surface area contributed by atoms with Gasteiger partial charge in [0.25, 0.3) is 0 Å². The van der Waals surface area contributed by atoms with E-state index in [1.54, 1.807) is 17.6 Å². The van der Waals surface area contributed by atoms with Crippen molar-refractivity contribution in [2.75, 3.05) is 32.7 Å². The maximum Gasteiger partial charge on any atom is 0.191 e. The second-order valence-electron chi connectivity index (χ2n) is 6.92. The van der Waals surface area contributed by atoms with E-state index in [9.17, 15) is 0 Å². The second-order valence-corrected chi connectivity index (χ2v) is 8.21. The zero-order valence-electron chi connectivity index (χ0n) is 16.6. The quantitative estimate of drug-likeness (QED) is 0.536. The molecule has 1 aliphatic heterocycles. The van der Waals surface area contributed by atoms with Gasteiger partial charge in [0.15, 0.2) is 5.96 Å². The number of aryl methyl sites for hydroxylation is 2. The number of aromatic nitrogens is 1. The lowest BCUT2D eigenvalue weighted by atomic mass is 10.2. The fraction of sp³-hybridized carbons (Fsp3) is 0.600. The van der Waals surface area contributed by atoms with E-state index in [-0.39, 0.29) is 6.04 Å². The Morgan fingerprint density at radius 3 is 2.78 bits per heavy atom. The molecule has 1 fully saturated rings. The third kappa shape index (κ3) is 5.56. The average Bonchev–Trinajstić information content (AvgIpc) is 3.40. The lowest BCUT2D eigenvalue weighted by Gasteiger charge is -2.24. The van der Waals surface area contributed by atoms with Crippen LogP contribution < -0.4 is 10.6 Å². The van der Waals surface area contributed by atoms with E-state index in [1.165, 1.54) is 22.7 Å². The predicted octanol–water partition coefficient (Wildman–Crippen LogP) is 3.29. The molecule has 1 aliphatic rings. The standard InChI is InChI=1S/C20H31N5OS/c1-4-21-20(22-10-9-19-24-15(2)16(3)27-19)23-14-17(18-8-7-13-26-18)25-11-5-6-12-25/h7-8,13,17H,4-6,9-12,14H2,1-3H3,(H2,21,22,23). The number of thiazole rings is 1. The lowest BCUT2D eigenvalue weighted by molar-refractivity contribution is 0.221. The minimum absolute atomic E-state index is 0.210. The van der Waals surface area contributed by atoms with E-state index >= 15 is 0 Å². The Kier molecular flexibility index (Phi) is 7.29. The van der Waals surface area contributed by atoms with Crippen LogP contribution >= 0.6 is 11.3 Å². The van der Waals surface area contributed by atoms with Gasteiger partial charge in [-0.1, -0.05) is 0 Å². The average molecular weight is 390 g/mol. The number of rotatable bonds is 8. The molecule has 0 saturated carbocycles. The van der Waals surface area contributed by atoms with Crippen molar-refractivity contribution in [1.82, 2.24) is 20.5 Å². The van der Waals surface area contributed by atoms with Gasteiger partial charge < -0.3 is 15.1 Å². The third-order valence-electron chi connectivity index (χ3n) is 4.92. The van der Waals surface area contributed by atoms with Crippen LogP contribution in [0, 0.1) is 13.8 Å². The summed E-state index contributed by atoms with van der Waals surface area (Å²) in [6, 6.07) is 4.23. The number of nitrogens with one attached hydrogen (secondary N) is 2. The van der Waals surface area contributed by atoms with Crippen molar-refractivity contribution >= 4 is 17.3 Å². The smallest absolute Gasteiger partial charge is 0.191 e. The van der Waals surface area contributed by atoms with Crippen molar-refractivity contribution in [2.24, 2.45) is 4.99 Å². The van der Waals surface area contributed by atoms with Crippen LogP contribution in [0.4, 0.5) is 0 Å². The highest BCUT2D eigenvalue weighted by Gasteiger charge is 2.25. The normalized spacial score (nSPS) is 16.6. The summed E-state index contributed by atoms with van der Waals surface area (Å²) < 4.78 is 5.69. The van der Waals surface area contributed by atoms with Gasteiger partial charge >= 0.3 is 0 Å². The topological polar surface area (TPSA) is 65.7 Å². The fourth-order valence-corrected chi connectivity index (χ4v) is 4.31. The van der Waals surface area contributed by atoms with Crippen LogP contribution in [0.15, 0.2) is 27.8 Å². The summed E-state index contributed by atoms with van der Waals surface area (Å²) in [7, 11) is 0. The monoisotopic (exact) mass is 389 g/mol. The maximum absolute atomic E-state index is 5.69. The van der Waals surface area contributed by atoms with E-state index in [1.807, 2.05) is 6.07 Å². The molecular formula is C20H31N5OS. The zero-order chi connectivity index (χ0) is 19.1. The van der Waals surface area contributed by atoms with Gasteiger partial charge in [0.2, 0.25) is 0 Å². The fourth-order valence-electron chi connectivity index (χ4n) is 3.37. The molecule has 0 bridgehead atoms. The first-order valence-electron chi connectivity index (χ1n) is 9.90. The van der Waals surface area contributed by atoms with E-state index in [4.69, 9.17) is 9.41 Å². The predicted molar refractivity (Wildman–Crippen MR) is 112 cm³/mol. The van der Waals surface area contributed by atoms with Crippen LogP contribution in [-0.2, 0) is 6.42 Å². The highest BCUT2D eigenvalue weighted by Crippen LogP contribution is 2.25. The molecule has 27 heavy (non-hydrogen) atoms. The van der Waals surface area contributed by atoms with Gasteiger partial charge in [0.05, 0.1) is 29.6 Å². The van der Waals surface area contributed by atoms with Crippen LogP contribution in [0.2, 0.25) is 0 Å². The molecule has 0 radical (unpaired) electrons. The van der Waals surface area contributed by atoms with Crippen LogP contribution in [0.25, 0.3) is 0 Å². The first kappa shape index (κ1) is 19.9. The Morgan fingerprint density at radius 1 is 1.33 bits per heavy atom. The molecule has 3 rings (SSSR count). The van der Waals surface area contributed by atoms with Crippen molar-refractivity contribution in [3.8, 4) is 0 Å². The highest BCUT2D eigenvalue weighted by molar-refractivity contribution is 7.11. The van der Waals surface area contributed by atoms with Crippen molar-refractivity contribution in [3.63, 3.8) is 0 Å². The first-order valence-corrected chi connectivity index (χ1v) is 10.7. The van der Waals surface area contributed by atoms with Crippen LogP contribution in [-0.4, -0.2) is 48.6 Å². The Labute approximate surface area is 166 Å². The van der Waals surface area contributed by atoms with Gasteiger partial charge in [-0.2, -0.15) is 0 Å². The molecular weight excluding hydrogens is 358 g/mol. The summed E-state index contributed by atoms with van der Waals surface area (Å²) in [4.78, 5) is 13.2. The van der Waals surface area contributed by atoms with E-state index in [2.05, 4.69) is 47.4 Å². The molecule has 2 aromatic rings. The SMILES string of the molecule is CCNC(=NCC(c1ccco1)N1CCCC1)NCCc1nc(C)c(C)s1. The number of nitrogens with zero attached hydrogens (tertiary/aromatic N) is 3. The van der Waals surface area contributed by atoms with E-state index in [0.29, 0.717) is 6.54 Å². The number of aliphatic imine (C=N–C) groups is 1. The number of guanidine groups is 1. The van der Waals surface area contributed by atoms with Crippen LogP contribution in [0.3, 0.4) is 0 Å². The molecule has 0 amide bonds. The second kappa shape index (κ2) is 9.90. The Bertz CT molecular complexity index is 699. The summed E-state index contributed by atoms with van der Waals surface area (Å²) >= 11 is 1.78. The van der Waals surface area contributed by atoms with Gasteiger partial charge in [0, 0.05) is 24.4 Å². The minimum atomic E-state index is 0.210. The van der Waals surface area contributed by atoms with E-state index in [0.717, 1.165) is 50.0 Å². The summed E-state index contributed by atoms with van der Waals surface area (Å²) in [5.41, 5.74) is 1.14. The Morgan fingerprint density at radius 2 is 2.15 bits per heavy atom. The molecule has 2 aromatic heterocycles. The zero-order valence-corrected chi connectivity index (χ0v) is 17.4. The molecule has 6 nitrogen and oxygen atoms in total. The largest absolute Gasteiger partial charge is 0.468 e. The number of furan rings is 1. The Balaban J connectivity index is 1.59. The molecule has 148 valence electrons. The Hall–Kier alpha value is -1.86. The number of hydrogen-bond donors (Lipinski definition) is 2. The maximum atomic E-state index is 5.69. The molecule has 1 unspecified atom stereocenters. The summed E-state index contributed by atoms with van der Waals surface area (Å²) in [5.74, 6) is 1.86. The molecule has 2 N–H and O–H groups in total. The van der Waals surface area contributed by atoms with Crippen molar-refractivity contribution in [3.05, 3.63) is 39.7 Å². The highest BCUT2D eigenvalue weighted by atomic mass is 32.1. The molecule has 0 aromatic carbocycles. The van der Waals surface area contributed by atoms with Gasteiger partial charge in [0.1, 0.15) is 5.76 Å². The molecule has 7 heteroatoms. The number of hydrogen-bond acceptors (Lipinski definition) is 5. The molecule has 0 spiro atoms. The third-order valence-corrected chi connectivity index (χ3v) is 6.06. The van der Waals surface area contributed by atoms with Gasteiger partial charge in [-0.25, -0.2) is 4.98 Å². The van der Waals surface area contributed by atoms with Gasteiger partial charge in [-0.05, 0) is 58.8 Å². The summed E-state index contributed by atoms with van der Waals surface area (Å²) in [6.45, 7) is 10.9. The molecule has 1 atom stereocenters. The molecule has 1 saturated heterocycles.